The number of aromatic nitrogens is 2. The number of hydrogen-bond acceptors (Lipinski definition) is 8. The van der Waals surface area contributed by atoms with Crippen LogP contribution < -0.4 is 11.4 Å². The standard InChI is InChI=1S/C18H28N3O7P/c1-6-9-25-16-15(28-29(23,24)27-12(4)5)13(10-11(2)3)26-17(16)21-8-7-14(19)20-18(21)22/h1,7-8,11-13,15-17H,9-10H2,2-5H3,(H,23,24)(H2,19,20,22). The number of anilines is 1. The van der Waals surface area contributed by atoms with Crippen molar-refractivity contribution in [3.63, 3.8) is 0 Å². The summed E-state index contributed by atoms with van der Waals surface area (Å²) in [6.07, 6.45) is 3.09. The first kappa shape index (κ1) is 23.5. The third kappa shape index (κ3) is 6.37. The van der Waals surface area contributed by atoms with Gasteiger partial charge in [0, 0.05) is 6.20 Å². The van der Waals surface area contributed by atoms with Crippen molar-refractivity contribution in [2.45, 2.75) is 64.8 Å². The van der Waals surface area contributed by atoms with Gasteiger partial charge in [-0.25, -0.2) is 9.36 Å². The maximum absolute atomic E-state index is 12.4. The van der Waals surface area contributed by atoms with E-state index in [1.807, 2.05) is 13.8 Å². The molecule has 11 heteroatoms. The van der Waals surface area contributed by atoms with E-state index in [1.165, 1.54) is 16.8 Å². The van der Waals surface area contributed by atoms with Gasteiger partial charge >= 0.3 is 13.5 Å². The topological polar surface area (TPSA) is 135 Å². The van der Waals surface area contributed by atoms with Gasteiger partial charge in [-0.15, -0.1) is 6.42 Å². The quantitative estimate of drug-likeness (QED) is 0.444. The second-order valence-electron chi connectivity index (χ2n) is 7.41. The van der Waals surface area contributed by atoms with Gasteiger partial charge in [0.15, 0.2) is 6.23 Å². The lowest BCUT2D eigenvalue weighted by Crippen LogP contribution is -2.39. The fourth-order valence-electron chi connectivity index (χ4n) is 3.10. The van der Waals surface area contributed by atoms with Gasteiger partial charge in [0.1, 0.15) is 24.6 Å². The Hall–Kier alpha value is -1.73. The number of ether oxygens (including phenoxy) is 2. The molecule has 0 bridgehead atoms. The molecule has 2 rings (SSSR count). The van der Waals surface area contributed by atoms with E-state index >= 15 is 0 Å². The summed E-state index contributed by atoms with van der Waals surface area (Å²) in [6.45, 7) is 7.03. The minimum Gasteiger partial charge on any atom is -0.383 e. The number of terminal acetylenes is 1. The first-order valence-corrected chi connectivity index (χ1v) is 10.8. The molecule has 0 spiro atoms. The Morgan fingerprint density at radius 1 is 1.41 bits per heavy atom. The van der Waals surface area contributed by atoms with E-state index in [2.05, 4.69) is 10.9 Å². The first-order chi connectivity index (χ1) is 13.5. The van der Waals surface area contributed by atoms with Crippen LogP contribution in [0.1, 0.15) is 40.3 Å². The van der Waals surface area contributed by atoms with E-state index in [9.17, 15) is 14.3 Å². The fourth-order valence-corrected chi connectivity index (χ4v) is 4.25. The van der Waals surface area contributed by atoms with E-state index < -0.39 is 44.2 Å². The SMILES string of the molecule is C#CCOC1C(OP(=O)(O)OC(C)C)C(CC(C)C)OC1n1ccc(N)nc1=O. The van der Waals surface area contributed by atoms with Crippen LogP contribution in [0.25, 0.3) is 0 Å². The van der Waals surface area contributed by atoms with Gasteiger partial charge in [0.05, 0.1) is 12.2 Å². The zero-order chi connectivity index (χ0) is 21.8. The number of hydrogen-bond donors (Lipinski definition) is 2. The van der Waals surface area contributed by atoms with Crippen molar-refractivity contribution < 1.29 is 28.0 Å². The molecule has 10 nitrogen and oxygen atoms in total. The highest BCUT2D eigenvalue weighted by atomic mass is 31.2. The number of nitrogens with zero attached hydrogens (tertiary/aromatic N) is 2. The molecule has 1 fully saturated rings. The lowest BCUT2D eigenvalue weighted by Gasteiger charge is -2.27. The molecule has 0 amide bonds. The van der Waals surface area contributed by atoms with E-state index in [0.29, 0.717) is 6.42 Å². The molecular weight excluding hydrogens is 401 g/mol. The molecule has 1 aromatic heterocycles. The molecule has 5 atom stereocenters. The maximum Gasteiger partial charge on any atom is 0.472 e. The Kier molecular flexibility index (Phi) is 8.00. The van der Waals surface area contributed by atoms with Gasteiger partial charge < -0.3 is 20.1 Å². The molecule has 29 heavy (non-hydrogen) atoms. The predicted octanol–water partition coefficient (Wildman–Crippen LogP) is 1.70. The lowest BCUT2D eigenvalue weighted by atomic mass is 10.0. The summed E-state index contributed by atoms with van der Waals surface area (Å²) >= 11 is 0. The number of nitrogen functional groups attached to an aromatic ring is 1. The number of phosphoric ester groups is 1. The molecule has 0 saturated carbocycles. The van der Waals surface area contributed by atoms with Gasteiger partial charge in [-0.2, -0.15) is 4.98 Å². The van der Waals surface area contributed by atoms with Crippen molar-refractivity contribution in [1.82, 2.24) is 9.55 Å². The summed E-state index contributed by atoms with van der Waals surface area (Å²) in [5.41, 5.74) is 4.90. The Balaban J connectivity index is 2.42. The molecule has 0 aliphatic carbocycles. The predicted molar refractivity (Wildman–Crippen MR) is 106 cm³/mol. The summed E-state index contributed by atoms with van der Waals surface area (Å²) < 4.78 is 35.8. The maximum atomic E-state index is 12.4. The van der Waals surface area contributed by atoms with Crippen LogP contribution in [0.5, 0.6) is 0 Å². The van der Waals surface area contributed by atoms with Crippen LogP contribution >= 0.6 is 7.82 Å². The van der Waals surface area contributed by atoms with Crippen LogP contribution in [0, 0.1) is 18.3 Å². The van der Waals surface area contributed by atoms with Crippen molar-refractivity contribution in [2.75, 3.05) is 12.3 Å². The Bertz CT molecular complexity index is 835. The molecule has 1 aromatic rings. The van der Waals surface area contributed by atoms with E-state index in [-0.39, 0.29) is 18.3 Å². The van der Waals surface area contributed by atoms with Gasteiger partial charge in [-0.05, 0) is 32.3 Å². The van der Waals surface area contributed by atoms with Crippen LogP contribution in [0.15, 0.2) is 17.1 Å². The van der Waals surface area contributed by atoms with Crippen molar-refractivity contribution in [3.05, 3.63) is 22.7 Å². The molecule has 1 aliphatic heterocycles. The minimum atomic E-state index is -4.42. The number of rotatable bonds is 9. The second kappa shape index (κ2) is 9.85. The third-order valence-electron chi connectivity index (χ3n) is 4.07. The largest absolute Gasteiger partial charge is 0.472 e. The lowest BCUT2D eigenvalue weighted by molar-refractivity contribution is -0.0635. The molecule has 1 saturated heterocycles. The molecule has 5 unspecified atom stereocenters. The average Bonchev–Trinajstić information content (AvgIpc) is 2.87. The summed E-state index contributed by atoms with van der Waals surface area (Å²) in [6, 6.07) is 1.44. The summed E-state index contributed by atoms with van der Waals surface area (Å²) in [4.78, 5) is 26.2. The van der Waals surface area contributed by atoms with E-state index in [4.69, 9.17) is 30.7 Å². The molecule has 162 valence electrons. The van der Waals surface area contributed by atoms with Crippen molar-refractivity contribution in [2.24, 2.45) is 5.92 Å². The smallest absolute Gasteiger partial charge is 0.383 e. The van der Waals surface area contributed by atoms with E-state index in [0.717, 1.165) is 0 Å². The van der Waals surface area contributed by atoms with Crippen LogP contribution in [-0.2, 0) is 23.1 Å². The minimum absolute atomic E-state index is 0.0575. The Labute approximate surface area is 169 Å². The van der Waals surface area contributed by atoms with Crippen molar-refractivity contribution >= 4 is 13.6 Å². The molecule has 0 aromatic carbocycles. The highest BCUT2D eigenvalue weighted by Crippen LogP contribution is 2.50. The molecule has 0 radical (unpaired) electrons. The monoisotopic (exact) mass is 429 g/mol. The Morgan fingerprint density at radius 3 is 2.66 bits per heavy atom. The van der Waals surface area contributed by atoms with Gasteiger partial charge in [-0.3, -0.25) is 13.6 Å². The summed E-state index contributed by atoms with van der Waals surface area (Å²) in [7, 11) is -4.42. The fraction of sp³-hybridized carbons (Fsp3) is 0.667. The van der Waals surface area contributed by atoms with Crippen LogP contribution in [0.3, 0.4) is 0 Å². The number of nitrogens with two attached hydrogens (primary N) is 1. The first-order valence-electron chi connectivity index (χ1n) is 9.29. The molecule has 1 aliphatic rings. The molecule has 3 N–H and O–H groups in total. The van der Waals surface area contributed by atoms with Gasteiger partial charge in [0.2, 0.25) is 0 Å². The van der Waals surface area contributed by atoms with Crippen LogP contribution in [0.4, 0.5) is 5.82 Å². The zero-order valence-corrected chi connectivity index (χ0v) is 17.8. The molecular formula is C18H28N3O7P. The average molecular weight is 429 g/mol. The summed E-state index contributed by atoms with van der Waals surface area (Å²) in [5, 5.41) is 0. The van der Waals surface area contributed by atoms with E-state index in [1.54, 1.807) is 13.8 Å². The summed E-state index contributed by atoms with van der Waals surface area (Å²) in [5.74, 6) is 2.57. The van der Waals surface area contributed by atoms with Gasteiger partial charge in [-0.1, -0.05) is 19.8 Å². The van der Waals surface area contributed by atoms with Crippen LogP contribution in [-0.4, -0.2) is 45.5 Å². The normalized spacial score (nSPS) is 26.6. The highest BCUT2D eigenvalue weighted by molar-refractivity contribution is 7.47. The third-order valence-corrected chi connectivity index (χ3v) is 5.27. The zero-order valence-electron chi connectivity index (χ0n) is 16.9. The van der Waals surface area contributed by atoms with Gasteiger partial charge in [0.25, 0.3) is 0 Å². The second-order valence-corrected chi connectivity index (χ2v) is 8.77. The molecule has 2 heterocycles. The Morgan fingerprint density at radius 2 is 2.10 bits per heavy atom. The number of phosphoric acid groups is 1. The van der Waals surface area contributed by atoms with Crippen LogP contribution in [0.2, 0.25) is 0 Å². The van der Waals surface area contributed by atoms with Crippen molar-refractivity contribution in [3.8, 4) is 12.3 Å². The van der Waals surface area contributed by atoms with Crippen molar-refractivity contribution in [1.29, 1.82) is 0 Å². The highest BCUT2D eigenvalue weighted by Gasteiger charge is 2.50.